The first-order chi connectivity index (χ1) is 12.0. The Morgan fingerprint density at radius 2 is 1.68 bits per heavy atom. The predicted octanol–water partition coefficient (Wildman–Crippen LogP) is 2.30. The predicted molar refractivity (Wildman–Crippen MR) is 92.1 cm³/mol. The Labute approximate surface area is 146 Å². The number of anilines is 1. The number of benzene rings is 1. The molecule has 25 heavy (non-hydrogen) atoms. The standard InChI is InChI=1S/C18H24FN3O3/c19-15-3-1-2-4-16(15)21-9-11-22(12-10-21)18(25)20-14-7-5-13(6-8-14)17(23)24/h1-4,13-14H,5-12H2,(H,20,25)(H,23,24). The molecule has 1 saturated heterocycles. The summed E-state index contributed by atoms with van der Waals surface area (Å²) in [7, 11) is 0. The van der Waals surface area contributed by atoms with Crippen molar-refractivity contribution >= 4 is 17.7 Å². The van der Waals surface area contributed by atoms with Crippen molar-refractivity contribution in [1.82, 2.24) is 10.2 Å². The first-order valence-electron chi connectivity index (χ1n) is 8.82. The van der Waals surface area contributed by atoms with Crippen molar-refractivity contribution in [2.45, 2.75) is 31.7 Å². The molecule has 7 heteroatoms. The average molecular weight is 349 g/mol. The van der Waals surface area contributed by atoms with Crippen molar-refractivity contribution in [3.05, 3.63) is 30.1 Å². The van der Waals surface area contributed by atoms with Crippen LogP contribution in [0.1, 0.15) is 25.7 Å². The van der Waals surface area contributed by atoms with Gasteiger partial charge in [-0.15, -0.1) is 0 Å². The molecule has 2 aliphatic rings. The number of nitrogens with one attached hydrogen (secondary N) is 1. The minimum Gasteiger partial charge on any atom is -0.481 e. The average Bonchev–Trinajstić information content (AvgIpc) is 2.63. The monoisotopic (exact) mass is 349 g/mol. The second-order valence-corrected chi connectivity index (χ2v) is 6.76. The molecule has 0 radical (unpaired) electrons. The lowest BCUT2D eigenvalue weighted by atomic mass is 9.86. The maximum Gasteiger partial charge on any atom is 0.317 e. The zero-order valence-corrected chi connectivity index (χ0v) is 14.2. The molecule has 0 spiro atoms. The third-order valence-corrected chi connectivity index (χ3v) is 5.16. The fraction of sp³-hybridized carbons (Fsp3) is 0.556. The number of amides is 2. The van der Waals surface area contributed by atoms with Crippen LogP contribution in [0.3, 0.4) is 0 Å². The van der Waals surface area contributed by atoms with Crippen LogP contribution in [0.2, 0.25) is 0 Å². The lowest BCUT2D eigenvalue weighted by molar-refractivity contribution is -0.142. The van der Waals surface area contributed by atoms with Crippen molar-refractivity contribution in [1.29, 1.82) is 0 Å². The van der Waals surface area contributed by atoms with E-state index in [9.17, 15) is 14.0 Å². The summed E-state index contributed by atoms with van der Waals surface area (Å²) >= 11 is 0. The molecule has 6 nitrogen and oxygen atoms in total. The Hall–Kier alpha value is -2.31. The minimum absolute atomic E-state index is 0.0488. The first kappa shape index (κ1) is 17.5. The van der Waals surface area contributed by atoms with Gasteiger partial charge in [-0.3, -0.25) is 4.79 Å². The highest BCUT2D eigenvalue weighted by molar-refractivity contribution is 5.75. The zero-order chi connectivity index (χ0) is 17.8. The van der Waals surface area contributed by atoms with Gasteiger partial charge < -0.3 is 20.2 Å². The van der Waals surface area contributed by atoms with E-state index in [1.807, 2.05) is 11.0 Å². The summed E-state index contributed by atoms with van der Waals surface area (Å²) in [5.41, 5.74) is 0.578. The lowest BCUT2D eigenvalue weighted by Gasteiger charge is -2.37. The van der Waals surface area contributed by atoms with Gasteiger partial charge in [0.2, 0.25) is 0 Å². The number of aliphatic carboxylic acids is 1. The maximum atomic E-state index is 13.9. The molecular formula is C18H24FN3O3. The molecule has 0 unspecified atom stereocenters. The smallest absolute Gasteiger partial charge is 0.317 e. The molecule has 2 amide bonds. The number of urea groups is 1. The van der Waals surface area contributed by atoms with Crippen LogP contribution in [0.25, 0.3) is 0 Å². The number of hydrogen-bond donors (Lipinski definition) is 2. The van der Waals surface area contributed by atoms with E-state index in [0.29, 0.717) is 57.5 Å². The van der Waals surface area contributed by atoms with Gasteiger partial charge in [0.1, 0.15) is 5.82 Å². The molecular weight excluding hydrogens is 325 g/mol. The van der Waals surface area contributed by atoms with Crippen LogP contribution < -0.4 is 10.2 Å². The summed E-state index contributed by atoms with van der Waals surface area (Å²) in [6.07, 6.45) is 2.64. The van der Waals surface area contributed by atoms with Gasteiger partial charge >= 0.3 is 12.0 Å². The number of nitrogens with zero attached hydrogens (tertiary/aromatic N) is 2. The molecule has 1 aliphatic carbocycles. The Bertz CT molecular complexity index is 624. The van der Waals surface area contributed by atoms with E-state index in [1.165, 1.54) is 6.07 Å². The summed E-state index contributed by atoms with van der Waals surface area (Å²) in [6.45, 7) is 2.29. The second-order valence-electron chi connectivity index (χ2n) is 6.76. The highest BCUT2D eigenvalue weighted by Gasteiger charge is 2.29. The van der Waals surface area contributed by atoms with Gasteiger partial charge in [0.25, 0.3) is 0 Å². The third kappa shape index (κ3) is 4.21. The van der Waals surface area contributed by atoms with Gasteiger partial charge in [-0.1, -0.05) is 12.1 Å². The number of rotatable bonds is 3. The van der Waals surface area contributed by atoms with Crippen LogP contribution in [0, 0.1) is 11.7 Å². The number of hydrogen-bond acceptors (Lipinski definition) is 3. The van der Waals surface area contributed by atoms with Gasteiger partial charge in [-0.25, -0.2) is 9.18 Å². The van der Waals surface area contributed by atoms with Crippen molar-refractivity contribution in [3.63, 3.8) is 0 Å². The van der Waals surface area contributed by atoms with Crippen molar-refractivity contribution in [2.24, 2.45) is 5.92 Å². The molecule has 0 atom stereocenters. The number of carboxylic acid groups (broad SMARTS) is 1. The van der Waals surface area contributed by atoms with E-state index < -0.39 is 5.97 Å². The quantitative estimate of drug-likeness (QED) is 0.878. The molecule has 2 N–H and O–H groups in total. The van der Waals surface area contributed by atoms with E-state index in [-0.39, 0.29) is 23.8 Å². The van der Waals surface area contributed by atoms with Crippen molar-refractivity contribution in [2.75, 3.05) is 31.1 Å². The molecule has 1 aromatic rings. The topological polar surface area (TPSA) is 72.9 Å². The van der Waals surface area contributed by atoms with Crippen molar-refractivity contribution in [3.8, 4) is 0 Å². The fourth-order valence-electron chi connectivity index (χ4n) is 3.61. The number of carbonyl (C=O) groups is 2. The van der Waals surface area contributed by atoms with E-state index in [0.717, 1.165) is 0 Å². The summed E-state index contributed by atoms with van der Waals surface area (Å²) < 4.78 is 13.9. The number of carboxylic acids is 1. The third-order valence-electron chi connectivity index (χ3n) is 5.16. The summed E-state index contributed by atoms with van der Waals surface area (Å²) in [5, 5.41) is 12.0. The van der Waals surface area contributed by atoms with E-state index in [4.69, 9.17) is 5.11 Å². The van der Waals surface area contributed by atoms with E-state index in [1.54, 1.807) is 17.0 Å². The van der Waals surface area contributed by atoms with Crippen LogP contribution in [0.5, 0.6) is 0 Å². The van der Waals surface area contributed by atoms with Gasteiger partial charge in [0.15, 0.2) is 0 Å². The largest absolute Gasteiger partial charge is 0.481 e. The number of para-hydroxylation sites is 1. The van der Waals surface area contributed by atoms with Crippen LogP contribution in [-0.4, -0.2) is 54.2 Å². The van der Waals surface area contributed by atoms with Gasteiger partial charge in [0, 0.05) is 32.2 Å². The molecule has 3 rings (SSSR count). The van der Waals surface area contributed by atoms with E-state index in [2.05, 4.69) is 5.32 Å². The normalized spacial score (nSPS) is 24.0. The SMILES string of the molecule is O=C(O)C1CCC(NC(=O)N2CCN(c3ccccc3F)CC2)CC1. The Balaban J connectivity index is 1.46. The number of piperazine rings is 1. The molecule has 1 saturated carbocycles. The lowest BCUT2D eigenvalue weighted by Crippen LogP contribution is -2.54. The molecule has 136 valence electrons. The summed E-state index contributed by atoms with van der Waals surface area (Å²) in [5.74, 6) is -1.26. The zero-order valence-electron chi connectivity index (χ0n) is 14.2. The maximum absolute atomic E-state index is 13.9. The van der Waals surface area contributed by atoms with Crippen molar-refractivity contribution < 1.29 is 19.1 Å². The molecule has 0 bridgehead atoms. The van der Waals surface area contributed by atoms with Crippen LogP contribution >= 0.6 is 0 Å². The summed E-state index contributed by atoms with van der Waals surface area (Å²) in [6, 6.07) is 6.63. The van der Waals surface area contributed by atoms with Crippen LogP contribution in [-0.2, 0) is 4.79 Å². The fourth-order valence-corrected chi connectivity index (χ4v) is 3.61. The minimum atomic E-state index is -0.742. The van der Waals surface area contributed by atoms with Gasteiger partial charge in [-0.05, 0) is 37.8 Å². The molecule has 1 aliphatic heterocycles. The molecule has 1 heterocycles. The molecule has 1 aromatic carbocycles. The second kappa shape index (κ2) is 7.72. The Morgan fingerprint density at radius 3 is 2.28 bits per heavy atom. The Kier molecular flexibility index (Phi) is 5.40. The van der Waals surface area contributed by atoms with Gasteiger partial charge in [0.05, 0.1) is 11.6 Å². The molecule has 2 fully saturated rings. The van der Waals surface area contributed by atoms with Gasteiger partial charge in [-0.2, -0.15) is 0 Å². The number of halogens is 1. The highest BCUT2D eigenvalue weighted by Crippen LogP contribution is 2.25. The van der Waals surface area contributed by atoms with E-state index >= 15 is 0 Å². The number of carbonyl (C=O) groups excluding carboxylic acids is 1. The highest BCUT2D eigenvalue weighted by atomic mass is 19.1. The van der Waals surface area contributed by atoms with Crippen LogP contribution in [0.4, 0.5) is 14.9 Å². The molecule has 0 aromatic heterocycles. The van der Waals surface area contributed by atoms with Crippen LogP contribution in [0.15, 0.2) is 24.3 Å². The first-order valence-corrected chi connectivity index (χ1v) is 8.82. The summed E-state index contributed by atoms with van der Waals surface area (Å²) in [4.78, 5) is 27.1. The Morgan fingerprint density at radius 1 is 1.04 bits per heavy atom.